The second kappa shape index (κ2) is 10.4. The van der Waals surface area contributed by atoms with E-state index < -0.39 is 17.4 Å². The molecule has 6 heteroatoms. The molecule has 0 aliphatic heterocycles. The first-order valence-corrected chi connectivity index (χ1v) is 9.09. The van der Waals surface area contributed by atoms with Gasteiger partial charge in [0.2, 0.25) is 0 Å². The Morgan fingerprint density at radius 3 is 2.07 bits per heavy atom. The Morgan fingerprint density at radius 2 is 1.67 bits per heavy atom. The van der Waals surface area contributed by atoms with Crippen molar-refractivity contribution in [1.29, 1.82) is 5.26 Å². The zero-order valence-electron chi connectivity index (χ0n) is 16.6. The van der Waals surface area contributed by atoms with Crippen LogP contribution in [0.4, 0.5) is 0 Å². The molecule has 1 rings (SSSR count). The number of rotatable bonds is 9. The monoisotopic (exact) mass is 373 g/mol. The molecule has 0 radical (unpaired) electrons. The molecule has 1 atom stereocenters. The molecule has 0 aliphatic carbocycles. The van der Waals surface area contributed by atoms with Crippen LogP contribution in [0.5, 0.6) is 5.75 Å². The Balaban J connectivity index is 3.80. The number of nitrogens with zero attached hydrogens (tertiary/aromatic N) is 1. The van der Waals surface area contributed by atoms with Crippen LogP contribution >= 0.6 is 0 Å². The third kappa shape index (κ3) is 4.68. The fraction of sp³-hybridized carbons (Fsp3) is 0.476. The first-order chi connectivity index (χ1) is 12.9. The molecule has 0 saturated carbocycles. The van der Waals surface area contributed by atoms with Crippen LogP contribution in [-0.4, -0.2) is 32.3 Å². The van der Waals surface area contributed by atoms with Gasteiger partial charge >= 0.3 is 11.9 Å². The van der Waals surface area contributed by atoms with Crippen molar-refractivity contribution < 1.29 is 23.8 Å². The van der Waals surface area contributed by atoms with Gasteiger partial charge in [-0.3, -0.25) is 0 Å². The van der Waals surface area contributed by atoms with Gasteiger partial charge in [-0.25, -0.2) is 9.59 Å². The predicted octanol–water partition coefficient (Wildman–Crippen LogP) is 3.70. The summed E-state index contributed by atoms with van der Waals surface area (Å²) >= 11 is 0. The molecule has 0 spiro atoms. The van der Waals surface area contributed by atoms with Crippen molar-refractivity contribution in [2.45, 2.75) is 46.0 Å². The molecule has 0 amide bonds. The Labute approximate surface area is 160 Å². The lowest BCUT2D eigenvalue weighted by Gasteiger charge is -2.30. The summed E-state index contributed by atoms with van der Waals surface area (Å²) in [5.41, 5.74) is -0.349. The molecule has 0 N–H and O–H groups in total. The largest absolute Gasteiger partial charge is 0.497 e. The van der Waals surface area contributed by atoms with E-state index in [2.05, 4.69) is 6.07 Å². The van der Waals surface area contributed by atoms with Gasteiger partial charge in [0.15, 0.2) is 0 Å². The summed E-state index contributed by atoms with van der Waals surface area (Å²) in [7, 11) is 1.54. The van der Waals surface area contributed by atoms with E-state index in [-0.39, 0.29) is 18.8 Å². The van der Waals surface area contributed by atoms with Gasteiger partial charge in [0.05, 0.1) is 26.4 Å². The quantitative estimate of drug-likeness (QED) is 0.284. The fourth-order valence-electron chi connectivity index (χ4n) is 3.12. The lowest BCUT2D eigenvalue weighted by Crippen LogP contribution is -2.32. The lowest BCUT2D eigenvalue weighted by molar-refractivity contribution is -0.146. The van der Waals surface area contributed by atoms with Crippen LogP contribution < -0.4 is 4.74 Å². The highest BCUT2D eigenvalue weighted by molar-refractivity contribution is 6.15. The Morgan fingerprint density at radius 1 is 1.07 bits per heavy atom. The van der Waals surface area contributed by atoms with E-state index in [1.54, 1.807) is 52.1 Å². The zero-order valence-corrected chi connectivity index (χ0v) is 16.6. The minimum absolute atomic E-state index is 0.115. The van der Waals surface area contributed by atoms with Gasteiger partial charge in [0.25, 0.3) is 0 Å². The minimum atomic E-state index is -1.18. The van der Waals surface area contributed by atoms with Crippen LogP contribution in [0.25, 0.3) is 0 Å². The molecule has 1 unspecified atom stereocenters. The number of nitriles is 1. The molecule has 1 aromatic rings. The number of hydrogen-bond acceptors (Lipinski definition) is 6. The number of allylic oxidation sites excluding steroid dienone is 1. The number of esters is 2. The maximum absolute atomic E-state index is 12.6. The lowest BCUT2D eigenvalue weighted by atomic mass is 9.70. The van der Waals surface area contributed by atoms with Gasteiger partial charge in [-0.1, -0.05) is 26.0 Å². The molecular formula is C21H27NO5. The van der Waals surface area contributed by atoms with E-state index in [0.29, 0.717) is 29.7 Å². The van der Waals surface area contributed by atoms with Crippen molar-refractivity contribution >= 4 is 11.9 Å². The average molecular weight is 373 g/mol. The summed E-state index contributed by atoms with van der Waals surface area (Å²) in [6.45, 7) is 7.19. The van der Waals surface area contributed by atoms with E-state index >= 15 is 0 Å². The molecule has 27 heavy (non-hydrogen) atoms. The number of benzene rings is 1. The van der Waals surface area contributed by atoms with Crippen molar-refractivity contribution in [1.82, 2.24) is 0 Å². The van der Waals surface area contributed by atoms with Gasteiger partial charge in [-0.05, 0) is 50.0 Å². The van der Waals surface area contributed by atoms with Gasteiger partial charge in [0, 0.05) is 0 Å². The number of ether oxygens (including phenoxy) is 3. The standard InChI is InChI=1S/C21H27NO5/c1-6-17(18(19(23)26-8-3)20(24)27-9-4)21(7-2,14-22)15-11-10-12-16(13-15)25-5/h10-13H,6-9H2,1-5H3. The van der Waals surface area contributed by atoms with E-state index in [1.807, 2.05) is 6.92 Å². The second-order valence-electron chi connectivity index (χ2n) is 5.75. The summed E-state index contributed by atoms with van der Waals surface area (Å²) < 4.78 is 15.5. The topological polar surface area (TPSA) is 85.6 Å². The Kier molecular flexibility index (Phi) is 8.53. The number of carbonyl (C=O) groups excluding carboxylic acids is 2. The Hall–Kier alpha value is -2.81. The molecule has 6 nitrogen and oxygen atoms in total. The molecule has 0 saturated heterocycles. The van der Waals surface area contributed by atoms with Crippen LogP contribution in [0.2, 0.25) is 0 Å². The van der Waals surface area contributed by atoms with Crippen LogP contribution in [-0.2, 0) is 24.5 Å². The first kappa shape index (κ1) is 22.2. The highest BCUT2D eigenvalue weighted by Crippen LogP contribution is 2.40. The normalized spacial score (nSPS) is 12.3. The molecular weight excluding hydrogens is 346 g/mol. The summed E-state index contributed by atoms with van der Waals surface area (Å²) in [5, 5.41) is 10.1. The number of hydrogen-bond donors (Lipinski definition) is 0. The summed E-state index contributed by atoms with van der Waals surface area (Å²) in [6, 6.07) is 9.41. The number of carbonyl (C=O) groups is 2. The van der Waals surface area contributed by atoms with Gasteiger partial charge < -0.3 is 14.2 Å². The first-order valence-electron chi connectivity index (χ1n) is 9.09. The summed E-state index contributed by atoms with van der Waals surface area (Å²) in [6.07, 6.45) is 0.674. The highest BCUT2D eigenvalue weighted by Gasteiger charge is 2.40. The maximum atomic E-state index is 12.6. The van der Waals surface area contributed by atoms with E-state index in [0.717, 1.165) is 0 Å². The van der Waals surface area contributed by atoms with Crippen LogP contribution in [0.15, 0.2) is 35.4 Å². The average Bonchev–Trinajstić information content (AvgIpc) is 2.68. The third-order valence-electron chi connectivity index (χ3n) is 4.41. The molecule has 146 valence electrons. The molecule has 0 aliphatic rings. The fourth-order valence-corrected chi connectivity index (χ4v) is 3.12. The SMILES string of the molecule is CCOC(=O)C(C(=O)OCC)=C(CC)C(C#N)(CC)c1cccc(OC)c1. The second-order valence-corrected chi connectivity index (χ2v) is 5.75. The van der Waals surface area contributed by atoms with E-state index in [4.69, 9.17) is 14.2 Å². The van der Waals surface area contributed by atoms with Crippen molar-refractivity contribution in [2.75, 3.05) is 20.3 Å². The molecule has 0 aromatic heterocycles. The summed E-state index contributed by atoms with van der Waals surface area (Å²) in [5.74, 6) is -0.961. The molecule has 0 bridgehead atoms. The van der Waals surface area contributed by atoms with Crippen LogP contribution in [0.1, 0.15) is 46.1 Å². The smallest absolute Gasteiger partial charge is 0.345 e. The predicted molar refractivity (Wildman–Crippen MR) is 101 cm³/mol. The van der Waals surface area contributed by atoms with Crippen molar-refractivity contribution in [3.8, 4) is 11.8 Å². The van der Waals surface area contributed by atoms with E-state index in [1.165, 1.54) is 0 Å². The van der Waals surface area contributed by atoms with Crippen LogP contribution in [0.3, 0.4) is 0 Å². The highest BCUT2D eigenvalue weighted by atomic mass is 16.6. The van der Waals surface area contributed by atoms with Crippen molar-refractivity contribution in [3.05, 3.63) is 41.0 Å². The summed E-state index contributed by atoms with van der Waals surface area (Å²) in [4.78, 5) is 25.2. The third-order valence-corrected chi connectivity index (χ3v) is 4.41. The van der Waals surface area contributed by atoms with E-state index in [9.17, 15) is 14.9 Å². The maximum Gasteiger partial charge on any atom is 0.345 e. The van der Waals surface area contributed by atoms with Gasteiger partial charge in [-0.2, -0.15) is 5.26 Å². The van der Waals surface area contributed by atoms with Crippen LogP contribution in [0, 0.1) is 11.3 Å². The number of methoxy groups -OCH3 is 1. The molecule has 0 heterocycles. The molecule has 1 aromatic carbocycles. The van der Waals surface area contributed by atoms with Crippen molar-refractivity contribution in [2.24, 2.45) is 0 Å². The Bertz CT molecular complexity index is 727. The van der Waals surface area contributed by atoms with Gasteiger partial charge in [0.1, 0.15) is 16.7 Å². The van der Waals surface area contributed by atoms with Gasteiger partial charge in [-0.15, -0.1) is 0 Å². The minimum Gasteiger partial charge on any atom is -0.497 e. The zero-order chi connectivity index (χ0) is 20.4. The molecule has 0 fully saturated rings. The van der Waals surface area contributed by atoms with Crippen molar-refractivity contribution in [3.63, 3.8) is 0 Å².